The van der Waals surface area contributed by atoms with Gasteiger partial charge in [0.05, 0.1) is 19.8 Å². The molecule has 0 aromatic heterocycles. The molecule has 2 N–H and O–H groups in total. The number of carbonyl (C=O) groups is 2. The van der Waals surface area contributed by atoms with Crippen molar-refractivity contribution in [3.8, 4) is 22.6 Å². The van der Waals surface area contributed by atoms with Crippen LogP contribution < -0.4 is 14.8 Å². The summed E-state index contributed by atoms with van der Waals surface area (Å²) in [6, 6.07) is 10.2. The van der Waals surface area contributed by atoms with Crippen LogP contribution >= 0.6 is 0 Å². The summed E-state index contributed by atoms with van der Waals surface area (Å²) in [5, 5.41) is 13.9. The van der Waals surface area contributed by atoms with Gasteiger partial charge in [0.25, 0.3) is 5.91 Å². The molecule has 0 aliphatic rings. The molecule has 0 spiro atoms. The molecule has 11 heteroatoms. The van der Waals surface area contributed by atoms with Gasteiger partial charge in [-0.2, -0.15) is 13.2 Å². The zero-order valence-corrected chi connectivity index (χ0v) is 17.4. The summed E-state index contributed by atoms with van der Waals surface area (Å²) in [6.45, 7) is 0. The number of carboxylic acids is 1. The van der Waals surface area contributed by atoms with E-state index in [1.165, 1.54) is 14.2 Å². The number of halogens is 3. The quantitative estimate of drug-likeness (QED) is 0.446. The Morgan fingerprint density at radius 2 is 1.59 bits per heavy atom. The number of aliphatic carboxylic acids is 1. The second kappa shape index (κ2) is 10.5. The van der Waals surface area contributed by atoms with Gasteiger partial charge in [0.1, 0.15) is 24.7 Å². The molecule has 32 heavy (non-hydrogen) atoms. The lowest BCUT2D eigenvalue weighted by Gasteiger charge is -2.17. The van der Waals surface area contributed by atoms with E-state index in [9.17, 15) is 27.9 Å². The fraction of sp³-hybridized carbons (Fsp3) is 0.286. The molecule has 0 unspecified atom stereocenters. The molecule has 0 saturated heterocycles. The van der Waals surface area contributed by atoms with Crippen molar-refractivity contribution >= 4 is 17.6 Å². The Bertz CT molecular complexity index is 968. The summed E-state index contributed by atoms with van der Waals surface area (Å²) in [6.07, 6.45) is -5.37. The standard InChI is InChI=1S/C21H21F3N2O6/c1-30-15-5-4-6-16(31-2)17(15)13-9-7-12(8-10-13)11-14(20(28)29)25-19(27)18(26-32-3)21(22,23)24/h4-10,14H,11H2,1-3H3,(H,25,27)(H,28,29)/t14-/m0/s1. The maximum Gasteiger partial charge on any atom is 0.442 e. The van der Waals surface area contributed by atoms with Gasteiger partial charge < -0.3 is 24.7 Å². The maximum absolute atomic E-state index is 12.9. The average molecular weight is 454 g/mol. The number of rotatable bonds is 9. The fourth-order valence-electron chi connectivity index (χ4n) is 2.92. The molecular formula is C21H21F3N2O6. The highest BCUT2D eigenvalue weighted by Gasteiger charge is 2.43. The van der Waals surface area contributed by atoms with Gasteiger partial charge in [0, 0.05) is 6.42 Å². The largest absolute Gasteiger partial charge is 0.496 e. The van der Waals surface area contributed by atoms with Gasteiger partial charge >= 0.3 is 12.1 Å². The molecule has 2 aromatic carbocycles. The molecular weight excluding hydrogens is 433 g/mol. The molecule has 2 rings (SSSR count). The normalized spacial score (nSPS) is 12.6. The van der Waals surface area contributed by atoms with Crippen molar-refractivity contribution < 1.29 is 42.2 Å². The first-order valence-corrected chi connectivity index (χ1v) is 9.14. The van der Waals surface area contributed by atoms with Crippen molar-refractivity contribution in [1.82, 2.24) is 5.32 Å². The Morgan fingerprint density at radius 3 is 2.03 bits per heavy atom. The summed E-state index contributed by atoms with van der Waals surface area (Å²) in [4.78, 5) is 27.5. The predicted octanol–water partition coefficient (Wildman–Crippen LogP) is 3.05. The minimum absolute atomic E-state index is 0.261. The van der Waals surface area contributed by atoms with E-state index >= 15 is 0 Å². The van der Waals surface area contributed by atoms with E-state index in [1.807, 2.05) is 5.32 Å². The van der Waals surface area contributed by atoms with E-state index < -0.39 is 29.8 Å². The third-order valence-electron chi connectivity index (χ3n) is 4.38. The Labute approximate surface area is 181 Å². The number of carbonyl (C=O) groups excluding carboxylic acids is 1. The smallest absolute Gasteiger partial charge is 0.442 e. The summed E-state index contributed by atoms with van der Waals surface area (Å²) >= 11 is 0. The Morgan fingerprint density at radius 1 is 1.03 bits per heavy atom. The summed E-state index contributed by atoms with van der Waals surface area (Å²) in [5.41, 5.74) is -0.0271. The molecule has 0 heterocycles. The maximum atomic E-state index is 12.9. The zero-order chi connectivity index (χ0) is 23.9. The number of hydrogen-bond donors (Lipinski definition) is 2. The number of alkyl halides is 3. The third kappa shape index (κ3) is 5.90. The van der Waals surface area contributed by atoms with Gasteiger partial charge in [-0.3, -0.25) is 4.79 Å². The van der Waals surface area contributed by atoms with Gasteiger partial charge in [0.2, 0.25) is 5.71 Å². The molecule has 0 aliphatic heterocycles. The van der Waals surface area contributed by atoms with Crippen molar-refractivity contribution in [1.29, 1.82) is 0 Å². The number of carboxylic acid groups (broad SMARTS) is 1. The molecule has 0 saturated carbocycles. The zero-order valence-electron chi connectivity index (χ0n) is 17.4. The highest BCUT2D eigenvalue weighted by molar-refractivity contribution is 6.41. The van der Waals surface area contributed by atoms with E-state index in [-0.39, 0.29) is 6.42 Å². The van der Waals surface area contributed by atoms with Crippen LogP contribution in [0.4, 0.5) is 13.2 Å². The van der Waals surface area contributed by atoms with Crippen molar-refractivity contribution in [3.05, 3.63) is 48.0 Å². The van der Waals surface area contributed by atoms with Crippen molar-refractivity contribution in [3.63, 3.8) is 0 Å². The lowest BCUT2D eigenvalue weighted by molar-refractivity contribution is -0.141. The van der Waals surface area contributed by atoms with E-state index in [4.69, 9.17) is 9.47 Å². The number of hydrogen-bond acceptors (Lipinski definition) is 6. The fourth-order valence-corrected chi connectivity index (χ4v) is 2.92. The topological polar surface area (TPSA) is 106 Å². The lowest BCUT2D eigenvalue weighted by atomic mass is 9.99. The molecule has 0 bridgehead atoms. The molecule has 172 valence electrons. The SMILES string of the molecule is CON=C(C(=O)N[C@@H](Cc1ccc(-c2c(OC)cccc2OC)cc1)C(=O)O)C(F)(F)F. The number of ether oxygens (including phenoxy) is 2. The number of methoxy groups -OCH3 is 2. The first-order valence-electron chi connectivity index (χ1n) is 9.14. The van der Waals surface area contributed by atoms with Crippen LogP contribution in [0.1, 0.15) is 5.56 Å². The lowest BCUT2D eigenvalue weighted by Crippen LogP contribution is -2.48. The number of oxime groups is 1. The molecule has 0 fully saturated rings. The van der Waals surface area contributed by atoms with Crippen LogP contribution in [0.2, 0.25) is 0 Å². The Balaban J connectivity index is 2.25. The van der Waals surface area contributed by atoms with E-state index in [0.29, 0.717) is 28.2 Å². The van der Waals surface area contributed by atoms with Crippen molar-refractivity contribution in [2.75, 3.05) is 21.3 Å². The Kier molecular flexibility index (Phi) is 8.05. The molecule has 0 radical (unpaired) electrons. The van der Waals surface area contributed by atoms with Crippen LogP contribution in [0.25, 0.3) is 11.1 Å². The van der Waals surface area contributed by atoms with Gasteiger partial charge in [-0.1, -0.05) is 35.5 Å². The van der Waals surface area contributed by atoms with Crippen LogP contribution in [0.5, 0.6) is 11.5 Å². The average Bonchev–Trinajstić information content (AvgIpc) is 2.75. The van der Waals surface area contributed by atoms with Gasteiger partial charge in [0.15, 0.2) is 0 Å². The van der Waals surface area contributed by atoms with Crippen molar-refractivity contribution in [2.45, 2.75) is 18.6 Å². The minimum atomic E-state index is -5.11. The van der Waals surface area contributed by atoms with Crippen LogP contribution in [-0.4, -0.2) is 56.2 Å². The second-order valence-electron chi connectivity index (χ2n) is 6.42. The molecule has 2 aromatic rings. The molecule has 8 nitrogen and oxygen atoms in total. The first kappa shape index (κ1) is 24.5. The van der Waals surface area contributed by atoms with Crippen LogP contribution in [0.3, 0.4) is 0 Å². The van der Waals surface area contributed by atoms with Gasteiger partial charge in [-0.05, 0) is 23.3 Å². The number of benzene rings is 2. The van der Waals surface area contributed by atoms with E-state index in [2.05, 4.69) is 9.99 Å². The highest BCUT2D eigenvalue weighted by Crippen LogP contribution is 2.38. The molecule has 0 aliphatic carbocycles. The number of nitrogens with zero attached hydrogens (tertiary/aromatic N) is 1. The minimum Gasteiger partial charge on any atom is -0.496 e. The van der Waals surface area contributed by atoms with E-state index in [0.717, 1.165) is 7.11 Å². The summed E-state index contributed by atoms with van der Waals surface area (Å²) in [7, 11) is 3.86. The van der Waals surface area contributed by atoms with Crippen molar-refractivity contribution in [2.24, 2.45) is 5.16 Å². The van der Waals surface area contributed by atoms with Crippen LogP contribution in [-0.2, 0) is 20.8 Å². The predicted molar refractivity (Wildman–Crippen MR) is 109 cm³/mol. The first-order chi connectivity index (χ1) is 15.1. The molecule has 1 amide bonds. The number of amides is 1. The van der Waals surface area contributed by atoms with Crippen LogP contribution in [0, 0.1) is 0 Å². The second-order valence-corrected chi connectivity index (χ2v) is 6.42. The summed E-state index contributed by atoms with van der Waals surface area (Å²) < 4.78 is 49.5. The van der Waals surface area contributed by atoms with Gasteiger partial charge in [-0.25, -0.2) is 4.79 Å². The van der Waals surface area contributed by atoms with E-state index in [1.54, 1.807) is 42.5 Å². The number of nitrogens with one attached hydrogen (secondary N) is 1. The third-order valence-corrected chi connectivity index (χ3v) is 4.38. The molecule has 1 atom stereocenters. The highest BCUT2D eigenvalue weighted by atomic mass is 19.4. The Hall–Kier alpha value is -3.76. The summed E-state index contributed by atoms with van der Waals surface area (Å²) in [5.74, 6) is -2.09. The monoisotopic (exact) mass is 454 g/mol. The van der Waals surface area contributed by atoms with Gasteiger partial charge in [-0.15, -0.1) is 0 Å². The van der Waals surface area contributed by atoms with Crippen LogP contribution in [0.15, 0.2) is 47.6 Å².